The van der Waals surface area contributed by atoms with Crippen LogP contribution in [-0.4, -0.2) is 28.6 Å². The van der Waals surface area contributed by atoms with Crippen LogP contribution in [0.3, 0.4) is 0 Å². The summed E-state index contributed by atoms with van der Waals surface area (Å²) in [5.74, 6) is 3.49. The molecule has 1 aromatic rings. The van der Waals surface area contributed by atoms with Crippen LogP contribution in [0.2, 0.25) is 0 Å². The number of hydrogen-bond donors (Lipinski definition) is 2. The molecular formula is C28H41NO2. The van der Waals surface area contributed by atoms with Crippen molar-refractivity contribution in [3.8, 4) is 5.75 Å². The van der Waals surface area contributed by atoms with E-state index in [1.165, 1.54) is 44.9 Å². The number of phenols is 1. The quantitative estimate of drug-likeness (QED) is 0.562. The third kappa shape index (κ3) is 3.29. The summed E-state index contributed by atoms with van der Waals surface area (Å²) < 4.78 is 0. The maximum Gasteiger partial charge on any atom is 0.124 e. The van der Waals surface area contributed by atoms with Gasteiger partial charge in [-0.2, -0.15) is 0 Å². The topological polar surface area (TPSA) is 52.8 Å². The van der Waals surface area contributed by atoms with E-state index in [2.05, 4.69) is 18.8 Å². The molecule has 3 heteroatoms. The predicted octanol–water partition coefficient (Wildman–Crippen LogP) is 6.28. The average molecular weight is 424 g/mol. The van der Waals surface area contributed by atoms with Gasteiger partial charge in [-0.15, -0.1) is 0 Å². The van der Waals surface area contributed by atoms with Gasteiger partial charge < -0.3 is 10.2 Å². The largest absolute Gasteiger partial charge is 0.507 e. The molecule has 4 aliphatic rings. The van der Waals surface area contributed by atoms with Crippen molar-refractivity contribution in [3.05, 3.63) is 29.3 Å². The Morgan fingerprint density at radius 2 is 1.81 bits per heavy atom. The van der Waals surface area contributed by atoms with Gasteiger partial charge in [-0.05, 0) is 99.5 Å². The highest BCUT2D eigenvalue weighted by Crippen LogP contribution is 2.68. The van der Waals surface area contributed by atoms with E-state index in [0.29, 0.717) is 17.9 Å². The average Bonchev–Trinajstić information content (AvgIpc) is 3.01. The van der Waals surface area contributed by atoms with E-state index < -0.39 is 5.60 Å². The van der Waals surface area contributed by atoms with Crippen molar-refractivity contribution in [3.63, 3.8) is 0 Å². The van der Waals surface area contributed by atoms with Crippen molar-refractivity contribution in [2.45, 2.75) is 90.6 Å². The highest BCUT2D eigenvalue weighted by atomic mass is 16.3. The molecule has 0 aliphatic heterocycles. The highest BCUT2D eigenvalue weighted by Gasteiger charge is 2.64. The Balaban J connectivity index is 1.35. The van der Waals surface area contributed by atoms with Crippen molar-refractivity contribution < 1.29 is 10.2 Å². The third-order valence-corrected chi connectivity index (χ3v) is 10.7. The number of phenolic OH excluding ortho intramolecular Hbond substituents is 1. The molecule has 0 aromatic heterocycles. The fourth-order valence-electron chi connectivity index (χ4n) is 8.74. The molecule has 7 atom stereocenters. The van der Waals surface area contributed by atoms with Crippen LogP contribution >= 0.6 is 0 Å². The van der Waals surface area contributed by atoms with Crippen molar-refractivity contribution in [2.75, 3.05) is 6.54 Å². The first kappa shape index (κ1) is 21.5. The third-order valence-electron chi connectivity index (χ3n) is 10.7. The van der Waals surface area contributed by atoms with Gasteiger partial charge in [-0.1, -0.05) is 38.3 Å². The van der Waals surface area contributed by atoms with Crippen molar-refractivity contribution >= 4 is 6.21 Å². The minimum absolute atomic E-state index is 0.0297. The highest BCUT2D eigenvalue weighted by molar-refractivity contribution is 5.83. The molecule has 31 heavy (non-hydrogen) atoms. The summed E-state index contributed by atoms with van der Waals surface area (Å²) in [6, 6.07) is 5.58. The minimum Gasteiger partial charge on any atom is -0.507 e. The van der Waals surface area contributed by atoms with E-state index in [-0.39, 0.29) is 11.2 Å². The monoisotopic (exact) mass is 423 g/mol. The molecule has 170 valence electrons. The lowest BCUT2D eigenvalue weighted by molar-refractivity contribution is -0.147. The zero-order chi connectivity index (χ0) is 21.9. The van der Waals surface area contributed by atoms with Gasteiger partial charge in [0.05, 0.1) is 12.1 Å². The molecule has 0 bridgehead atoms. The first-order valence-electron chi connectivity index (χ1n) is 12.8. The second kappa shape index (κ2) is 7.61. The lowest BCUT2D eigenvalue weighted by Gasteiger charge is -2.61. The Kier molecular flexibility index (Phi) is 5.28. The second-order valence-electron chi connectivity index (χ2n) is 12.0. The molecule has 0 radical (unpaired) electrons. The maximum absolute atomic E-state index is 11.9. The minimum atomic E-state index is -0.719. The molecule has 0 saturated heterocycles. The van der Waals surface area contributed by atoms with Gasteiger partial charge in [0.25, 0.3) is 0 Å². The summed E-state index contributed by atoms with van der Waals surface area (Å²) in [7, 11) is 0. The van der Waals surface area contributed by atoms with Gasteiger partial charge in [0.1, 0.15) is 5.75 Å². The molecule has 4 aliphatic carbocycles. The lowest BCUT2D eigenvalue weighted by Crippen LogP contribution is -2.56. The van der Waals surface area contributed by atoms with E-state index in [1.807, 2.05) is 19.1 Å². The van der Waals surface area contributed by atoms with Gasteiger partial charge >= 0.3 is 0 Å². The molecule has 1 aromatic carbocycles. The summed E-state index contributed by atoms with van der Waals surface area (Å²) in [5.41, 5.74) is 1.65. The van der Waals surface area contributed by atoms with Crippen molar-refractivity contribution in [2.24, 2.45) is 39.5 Å². The summed E-state index contributed by atoms with van der Waals surface area (Å²) >= 11 is 0. The Labute approximate surface area is 188 Å². The number of hydrogen-bond acceptors (Lipinski definition) is 3. The Morgan fingerprint density at radius 3 is 2.65 bits per heavy atom. The lowest BCUT2D eigenvalue weighted by atomic mass is 9.44. The zero-order valence-electron chi connectivity index (χ0n) is 19.7. The number of aliphatic imine (C=N–C) groups is 1. The number of rotatable bonds is 3. The Morgan fingerprint density at radius 1 is 1.00 bits per heavy atom. The molecule has 5 rings (SSSR count). The van der Waals surface area contributed by atoms with Crippen LogP contribution in [0.25, 0.3) is 0 Å². The van der Waals surface area contributed by atoms with Crippen LogP contribution < -0.4 is 0 Å². The van der Waals surface area contributed by atoms with Crippen LogP contribution in [0, 0.1) is 41.4 Å². The number of aliphatic hydroxyl groups is 1. The molecule has 4 saturated carbocycles. The van der Waals surface area contributed by atoms with Crippen molar-refractivity contribution in [1.82, 2.24) is 0 Å². The molecule has 4 fully saturated rings. The predicted molar refractivity (Wildman–Crippen MR) is 127 cm³/mol. The molecule has 0 heterocycles. The van der Waals surface area contributed by atoms with Crippen molar-refractivity contribution in [1.29, 1.82) is 0 Å². The zero-order valence-corrected chi connectivity index (χ0v) is 19.7. The standard InChI is InChI=1S/C28H41NO2/c1-19-7-10-25(30)20(16-19)17-29-18-28(31)15-12-24-22-9-8-21-6-4-5-13-26(21,2)23(22)11-14-27(24,28)3/h7,10,16-17,21-24,30-31H,4-6,8-9,11-15,18H2,1-3H3/t21-,22-,23+,24-,26+,27+,28+/m1/s1. The van der Waals surface area contributed by atoms with Crippen LogP contribution in [0.15, 0.2) is 23.2 Å². The fraction of sp³-hybridized carbons (Fsp3) is 0.750. The summed E-state index contributed by atoms with van der Waals surface area (Å²) in [5, 5.41) is 22.0. The molecule has 0 spiro atoms. The van der Waals surface area contributed by atoms with E-state index in [4.69, 9.17) is 0 Å². The Bertz CT molecular complexity index is 865. The van der Waals surface area contributed by atoms with Gasteiger partial charge in [-0.3, -0.25) is 4.99 Å². The summed E-state index contributed by atoms with van der Waals surface area (Å²) in [6.45, 7) is 7.46. The Hall–Kier alpha value is -1.35. The van der Waals surface area contributed by atoms with Crippen LogP contribution in [0.4, 0.5) is 0 Å². The molecule has 2 N–H and O–H groups in total. The molecule has 0 amide bonds. The molecule has 0 unspecified atom stereocenters. The normalized spacial score (nSPS) is 44.6. The number of aromatic hydroxyl groups is 1. The van der Waals surface area contributed by atoms with Crippen LogP contribution in [0.1, 0.15) is 89.2 Å². The first-order valence-corrected chi connectivity index (χ1v) is 12.8. The summed E-state index contributed by atoms with van der Waals surface area (Å²) in [4.78, 5) is 4.68. The number of benzene rings is 1. The second-order valence-corrected chi connectivity index (χ2v) is 12.0. The van der Waals surface area contributed by atoms with Gasteiger partial charge in [0.15, 0.2) is 0 Å². The van der Waals surface area contributed by atoms with E-state index in [0.717, 1.165) is 48.1 Å². The molecular weight excluding hydrogens is 382 g/mol. The SMILES string of the molecule is Cc1ccc(O)c(C=NC[C@@]2(O)CC[C@@H]3[C@@H]4CC[C@H]5CCCC[C@]5(C)[C@H]4CC[C@@]32C)c1. The van der Waals surface area contributed by atoms with Gasteiger partial charge in [0, 0.05) is 17.2 Å². The van der Waals surface area contributed by atoms with Crippen LogP contribution in [-0.2, 0) is 0 Å². The number of aryl methyl sites for hydroxylation is 1. The number of nitrogens with zero attached hydrogens (tertiary/aromatic N) is 1. The number of fused-ring (bicyclic) bond motifs is 5. The smallest absolute Gasteiger partial charge is 0.124 e. The first-order chi connectivity index (χ1) is 14.8. The van der Waals surface area contributed by atoms with Gasteiger partial charge in [-0.25, -0.2) is 0 Å². The van der Waals surface area contributed by atoms with E-state index in [9.17, 15) is 10.2 Å². The molecule has 3 nitrogen and oxygen atoms in total. The fourth-order valence-corrected chi connectivity index (χ4v) is 8.74. The summed E-state index contributed by atoms with van der Waals surface area (Å²) in [6.07, 6.45) is 14.7. The van der Waals surface area contributed by atoms with Crippen LogP contribution in [0.5, 0.6) is 5.75 Å². The van der Waals surface area contributed by atoms with E-state index >= 15 is 0 Å². The van der Waals surface area contributed by atoms with E-state index in [1.54, 1.807) is 12.3 Å². The van der Waals surface area contributed by atoms with Gasteiger partial charge in [0.2, 0.25) is 0 Å². The maximum atomic E-state index is 11.9.